The summed E-state index contributed by atoms with van der Waals surface area (Å²) < 4.78 is 27.3. The molecule has 3 amide bonds. The van der Waals surface area contributed by atoms with E-state index in [1.165, 1.54) is 12.1 Å². The number of hydrogen-bond acceptors (Lipinski definition) is 5. The molecule has 0 atom stereocenters. The maximum absolute atomic E-state index is 12.6. The molecule has 0 spiro atoms. The molecule has 0 unspecified atom stereocenters. The zero-order valence-corrected chi connectivity index (χ0v) is 19.4. The number of hydrogen-bond donors (Lipinski definition) is 3. The number of amides is 3. The van der Waals surface area contributed by atoms with Gasteiger partial charge in [-0.25, -0.2) is 22.9 Å². The van der Waals surface area contributed by atoms with Crippen molar-refractivity contribution >= 4 is 33.6 Å². The standard InChI is InChI=1S/C22H27ClN4O4S/c1-16-10-13-27(14-11-16)25-22(29)26-32(30,31)18-6-4-5-17(15-18)9-12-24-21(28)19-7-2-3-8-20(19)23/h2-8,15-16H,9-14H2,1H3,(H,24,28)(H2,25,26,29). The number of rotatable bonds is 7. The largest absolute Gasteiger partial charge is 0.352 e. The molecule has 10 heteroatoms. The minimum absolute atomic E-state index is 0.0187. The smallest absolute Gasteiger partial charge is 0.343 e. The summed E-state index contributed by atoms with van der Waals surface area (Å²) in [7, 11) is -4.03. The highest BCUT2D eigenvalue weighted by atomic mass is 35.5. The average Bonchev–Trinajstić information content (AvgIpc) is 2.75. The number of nitrogens with one attached hydrogen (secondary N) is 3. The third kappa shape index (κ3) is 6.69. The number of carbonyl (C=O) groups is 2. The van der Waals surface area contributed by atoms with Gasteiger partial charge in [0.05, 0.1) is 15.5 Å². The minimum atomic E-state index is -4.03. The van der Waals surface area contributed by atoms with Gasteiger partial charge in [-0.05, 0) is 55.0 Å². The van der Waals surface area contributed by atoms with Crippen molar-refractivity contribution in [1.82, 2.24) is 20.5 Å². The van der Waals surface area contributed by atoms with E-state index >= 15 is 0 Å². The molecule has 3 rings (SSSR count). The van der Waals surface area contributed by atoms with Crippen LogP contribution >= 0.6 is 11.6 Å². The van der Waals surface area contributed by atoms with Crippen LogP contribution in [0.3, 0.4) is 0 Å². The molecule has 2 aromatic rings. The molecule has 1 heterocycles. The molecule has 0 aliphatic carbocycles. The Morgan fingerprint density at radius 3 is 2.53 bits per heavy atom. The van der Waals surface area contributed by atoms with E-state index in [4.69, 9.17) is 11.6 Å². The number of nitrogens with zero attached hydrogens (tertiary/aromatic N) is 1. The Morgan fingerprint density at radius 1 is 1.09 bits per heavy atom. The van der Waals surface area contributed by atoms with Crippen LogP contribution in [0.2, 0.25) is 5.02 Å². The average molecular weight is 479 g/mol. The first-order chi connectivity index (χ1) is 15.2. The van der Waals surface area contributed by atoms with Crippen molar-refractivity contribution in [2.75, 3.05) is 19.6 Å². The van der Waals surface area contributed by atoms with Crippen molar-refractivity contribution < 1.29 is 18.0 Å². The zero-order chi connectivity index (χ0) is 23.1. The molecule has 1 aliphatic rings. The maximum atomic E-state index is 12.6. The molecular formula is C22H27ClN4O4S. The summed E-state index contributed by atoms with van der Waals surface area (Å²) in [4.78, 5) is 24.4. The molecule has 3 N–H and O–H groups in total. The number of urea groups is 1. The van der Waals surface area contributed by atoms with Crippen LogP contribution in [0, 0.1) is 5.92 Å². The maximum Gasteiger partial charge on any atom is 0.343 e. The van der Waals surface area contributed by atoms with Gasteiger partial charge in [0.15, 0.2) is 0 Å². The lowest BCUT2D eigenvalue weighted by Crippen LogP contribution is -2.51. The molecule has 2 aromatic carbocycles. The van der Waals surface area contributed by atoms with Gasteiger partial charge >= 0.3 is 6.03 Å². The van der Waals surface area contributed by atoms with Crippen LogP contribution in [0.25, 0.3) is 0 Å². The predicted molar refractivity (Wildman–Crippen MR) is 123 cm³/mol. The van der Waals surface area contributed by atoms with Gasteiger partial charge in [0.1, 0.15) is 0 Å². The third-order valence-electron chi connectivity index (χ3n) is 5.30. The Morgan fingerprint density at radius 2 is 1.81 bits per heavy atom. The molecule has 1 fully saturated rings. The molecule has 1 saturated heterocycles. The van der Waals surface area contributed by atoms with E-state index < -0.39 is 16.1 Å². The fourth-order valence-electron chi connectivity index (χ4n) is 3.40. The fourth-order valence-corrected chi connectivity index (χ4v) is 4.59. The van der Waals surface area contributed by atoms with Gasteiger partial charge in [-0.1, -0.05) is 42.8 Å². The second kappa shape index (κ2) is 10.8. The second-order valence-electron chi connectivity index (χ2n) is 7.85. The van der Waals surface area contributed by atoms with E-state index in [1.54, 1.807) is 41.4 Å². The molecule has 172 valence electrons. The van der Waals surface area contributed by atoms with Gasteiger partial charge in [0, 0.05) is 19.6 Å². The van der Waals surface area contributed by atoms with Crippen LogP contribution < -0.4 is 15.5 Å². The highest BCUT2D eigenvalue weighted by Gasteiger charge is 2.21. The third-order valence-corrected chi connectivity index (χ3v) is 6.96. The minimum Gasteiger partial charge on any atom is -0.352 e. The first kappa shape index (κ1) is 24.0. The van der Waals surface area contributed by atoms with E-state index in [0.717, 1.165) is 12.8 Å². The highest BCUT2D eigenvalue weighted by Crippen LogP contribution is 2.16. The number of carbonyl (C=O) groups excluding carboxylic acids is 2. The molecule has 8 nitrogen and oxygen atoms in total. The summed E-state index contributed by atoms with van der Waals surface area (Å²) in [5.74, 6) is 0.293. The van der Waals surface area contributed by atoms with Gasteiger partial charge in [-0.2, -0.15) is 0 Å². The van der Waals surface area contributed by atoms with Crippen molar-refractivity contribution in [3.05, 3.63) is 64.7 Å². The van der Waals surface area contributed by atoms with Gasteiger partial charge in [-0.15, -0.1) is 0 Å². The summed E-state index contributed by atoms with van der Waals surface area (Å²) in [6.45, 7) is 3.82. The van der Waals surface area contributed by atoms with Crippen molar-refractivity contribution in [1.29, 1.82) is 0 Å². The molecule has 0 saturated carbocycles. The first-order valence-electron chi connectivity index (χ1n) is 10.4. The topological polar surface area (TPSA) is 108 Å². The Labute approximate surface area is 193 Å². The van der Waals surface area contributed by atoms with Crippen molar-refractivity contribution in [3.8, 4) is 0 Å². The highest BCUT2D eigenvalue weighted by molar-refractivity contribution is 7.90. The fraction of sp³-hybridized carbons (Fsp3) is 0.364. The van der Waals surface area contributed by atoms with Crippen molar-refractivity contribution in [3.63, 3.8) is 0 Å². The first-order valence-corrected chi connectivity index (χ1v) is 12.3. The normalized spacial score (nSPS) is 15.2. The Kier molecular flexibility index (Phi) is 8.11. The quantitative estimate of drug-likeness (QED) is 0.567. The molecule has 0 aromatic heterocycles. The van der Waals surface area contributed by atoms with Crippen LogP contribution in [0.5, 0.6) is 0 Å². The van der Waals surface area contributed by atoms with E-state index in [0.29, 0.717) is 48.1 Å². The molecule has 1 aliphatic heterocycles. The molecular weight excluding hydrogens is 452 g/mol. The van der Waals surface area contributed by atoms with Gasteiger partial charge < -0.3 is 5.32 Å². The summed E-state index contributed by atoms with van der Waals surface area (Å²) in [5, 5.41) is 4.86. The van der Waals surface area contributed by atoms with Crippen molar-refractivity contribution in [2.24, 2.45) is 5.92 Å². The Hall–Kier alpha value is -2.62. The lowest BCUT2D eigenvalue weighted by Gasteiger charge is -2.30. The number of halogens is 1. The van der Waals surface area contributed by atoms with Crippen molar-refractivity contribution in [2.45, 2.75) is 31.1 Å². The summed E-state index contributed by atoms with van der Waals surface area (Å²) in [6.07, 6.45) is 2.31. The van der Waals surface area contributed by atoms with Crippen LogP contribution in [-0.2, 0) is 16.4 Å². The summed E-state index contributed by atoms with van der Waals surface area (Å²) in [6, 6.07) is 12.2. The molecule has 32 heavy (non-hydrogen) atoms. The number of benzene rings is 2. The molecule has 0 radical (unpaired) electrons. The zero-order valence-electron chi connectivity index (χ0n) is 17.8. The van der Waals surface area contributed by atoms with Gasteiger partial charge in [-0.3, -0.25) is 10.2 Å². The van der Waals surface area contributed by atoms with E-state index in [9.17, 15) is 18.0 Å². The monoisotopic (exact) mass is 478 g/mol. The van der Waals surface area contributed by atoms with Crippen LogP contribution in [0.4, 0.5) is 4.79 Å². The van der Waals surface area contributed by atoms with Crippen LogP contribution in [0.1, 0.15) is 35.7 Å². The van der Waals surface area contributed by atoms with E-state index in [-0.39, 0.29) is 10.8 Å². The number of piperidine rings is 1. The van der Waals surface area contributed by atoms with E-state index in [2.05, 4.69) is 22.4 Å². The Balaban J connectivity index is 1.54. The summed E-state index contributed by atoms with van der Waals surface area (Å²) >= 11 is 6.03. The predicted octanol–water partition coefficient (Wildman–Crippen LogP) is 2.95. The lowest BCUT2D eigenvalue weighted by molar-refractivity contribution is 0.0954. The lowest BCUT2D eigenvalue weighted by atomic mass is 10.0. The number of sulfonamides is 1. The van der Waals surface area contributed by atoms with Crippen LogP contribution in [0.15, 0.2) is 53.4 Å². The second-order valence-corrected chi connectivity index (χ2v) is 9.94. The summed E-state index contributed by atoms with van der Waals surface area (Å²) in [5.41, 5.74) is 3.68. The van der Waals surface area contributed by atoms with Gasteiger partial charge in [0.2, 0.25) is 0 Å². The molecule has 0 bridgehead atoms. The Bertz CT molecular complexity index is 1070. The van der Waals surface area contributed by atoms with Crippen LogP contribution in [-0.4, -0.2) is 45.0 Å². The number of hydrazine groups is 1. The SMILES string of the molecule is CC1CCN(NC(=O)NS(=O)(=O)c2cccc(CCNC(=O)c3ccccc3Cl)c2)CC1. The van der Waals surface area contributed by atoms with E-state index in [1.807, 2.05) is 0 Å². The van der Waals surface area contributed by atoms with Gasteiger partial charge in [0.25, 0.3) is 15.9 Å².